The first kappa shape index (κ1) is 19.9. The van der Waals surface area contributed by atoms with Gasteiger partial charge in [0.1, 0.15) is 17.8 Å². The Kier molecular flexibility index (Phi) is 5.21. The minimum Gasteiger partial charge on any atom is -0.384 e. The van der Waals surface area contributed by atoms with Crippen molar-refractivity contribution in [3.63, 3.8) is 0 Å². The van der Waals surface area contributed by atoms with E-state index in [0.717, 1.165) is 49.5 Å². The molecule has 0 radical (unpaired) electrons. The van der Waals surface area contributed by atoms with Crippen LogP contribution in [-0.2, 0) is 17.8 Å². The van der Waals surface area contributed by atoms with Crippen molar-refractivity contribution in [2.75, 3.05) is 13.2 Å². The summed E-state index contributed by atoms with van der Waals surface area (Å²) in [5.74, 6) is 1.00. The van der Waals surface area contributed by atoms with Gasteiger partial charge < -0.3 is 20.9 Å². The minimum absolute atomic E-state index is 0.120. The van der Waals surface area contributed by atoms with E-state index in [-0.39, 0.29) is 17.6 Å². The lowest BCUT2D eigenvalue weighted by molar-refractivity contribution is -0.122. The molecule has 1 saturated carbocycles. The molecule has 156 valence electrons. The number of benzene rings is 1. The van der Waals surface area contributed by atoms with Crippen LogP contribution in [0.2, 0.25) is 0 Å². The summed E-state index contributed by atoms with van der Waals surface area (Å²) in [6, 6.07) is 4.07. The van der Waals surface area contributed by atoms with Crippen LogP contribution in [0.15, 0.2) is 27.2 Å². The van der Waals surface area contributed by atoms with Crippen molar-refractivity contribution in [2.24, 2.45) is 16.6 Å². The van der Waals surface area contributed by atoms with Crippen LogP contribution in [0, 0.1) is 9.49 Å². The number of amides is 1. The second-order valence-corrected chi connectivity index (χ2v) is 9.83. The van der Waals surface area contributed by atoms with Crippen LogP contribution in [0.5, 0.6) is 0 Å². The molecule has 2 aliphatic carbocycles. The second-order valence-electron chi connectivity index (χ2n) is 7.66. The molecule has 0 saturated heterocycles. The van der Waals surface area contributed by atoms with E-state index in [4.69, 9.17) is 10.7 Å². The Labute approximate surface area is 190 Å². The number of rotatable bonds is 6. The Balaban J connectivity index is 1.47. The average Bonchev–Trinajstić information content (AvgIpc) is 3.44. The van der Waals surface area contributed by atoms with Crippen molar-refractivity contribution in [2.45, 2.75) is 42.3 Å². The van der Waals surface area contributed by atoms with Crippen molar-refractivity contribution < 1.29 is 9.59 Å². The Bertz CT molecular complexity index is 1190. The monoisotopic (exact) mass is 536 g/mol. The maximum atomic E-state index is 12.2. The summed E-state index contributed by atoms with van der Waals surface area (Å²) in [4.78, 5) is 34.5. The van der Waals surface area contributed by atoms with Gasteiger partial charge in [0.2, 0.25) is 5.91 Å². The van der Waals surface area contributed by atoms with Gasteiger partial charge in [-0.1, -0.05) is 11.8 Å². The van der Waals surface area contributed by atoms with Gasteiger partial charge in [-0.2, -0.15) is 0 Å². The number of carbonyl (C=O) groups excluding carboxylic acids is 2. The van der Waals surface area contributed by atoms with E-state index >= 15 is 0 Å². The summed E-state index contributed by atoms with van der Waals surface area (Å²) in [5, 5.41) is 7.40. The molecule has 0 unspecified atom stereocenters. The Morgan fingerprint density at radius 3 is 3.00 bits per heavy atom. The van der Waals surface area contributed by atoms with Gasteiger partial charge in [0, 0.05) is 39.5 Å². The summed E-state index contributed by atoms with van der Waals surface area (Å²) >= 11 is 3.81. The third kappa shape index (κ3) is 3.70. The predicted octanol–water partition coefficient (Wildman–Crippen LogP) is 0.499. The summed E-state index contributed by atoms with van der Waals surface area (Å²) in [6.07, 6.45) is 3.36. The zero-order valence-corrected chi connectivity index (χ0v) is 19.2. The lowest BCUT2D eigenvalue weighted by Gasteiger charge is -2.11. The Hall–Kier alpha value is -2.08. The van der Waals surface area contributed by atoms with Crippen LogP contribution in [0.4, 0.5) is 0 Å². The van der Waals surface area contributed by atoms with Gasteiger partial charge in [-0.3, -0.25) is 9.59 Å². The number of fused-ring (bicyclic) bond motifs is 2. The summed E-state index contributed by atoms with van der Waals surface area (Å²) < 4.78 is 3.10. The molecule has 5 rings (SSSR count). The number of aromatic nitrogens is 2. The highest BCUT2D eigenvalue weighted by Gasteiger charge is 2.29. The van der Waals surface area contributed by atoms with Crippen LogP contribution in [-0.4, -0.2) is 34.5 Å². The first-order valence-corrected chi connectivity index (χ1v) is 11.9. The number of nitrogens with one attached hydrogen (secondary N) is 2. The van der Waals surface area contributed by atoms with Crippen molar-refractivity contribution in [3.8, 4) is 0 Å². The number of hydrogen-bond acceptors (Lipinski definition) is 7. The fourth-order valence-electron chi connectivity index (χ4n) is 3.73. The molecule has 1 aromatic carbocycles. The SMILES string of the molecule is NC1=c2nc(Sc3cc4c(cc3I)CCC4=O)n(CCNC(=O)C3CC3)c2=NCN1. The zero-order valence-electron chi connectivity index (χ0n) is 16.2. The summed E-state index contributed by atoms with van der Waals surface area (Å²) in [5.41, 5.74) is 8.77. The zero-order chi connectivity index (χ0) is 20.8. The molecule has 30 heavy (non-hydrogen) atoms. The van der Waals surface area contributed by atoms with Crippen molar-refractivity contribution in [1.29, 1.82) is 0 Å². The first-order valence-electron chi connectivity index (χ1n) is 9.97. The number of nitrogens with zero attached hydrogens (tertiary/aromatic N) is 3. The molecule has 0 atom stereocenters. The Morgan fingerprint density at radius 1 is 1.37 bits per heavy atom. The molecule has 2 heterocycles. The number of nitrogens with two attached hydrogens (primary N) is 1. The highest BCUT2D eigenvalue weighted by atomic mass is 127. The van der Waals surface area contributed by atoms with Crippen LogP contribution in [0.3, 0.4) is 0 Å². The summed E-state index contributed by atoms with van der Waals surface area (Å²) in [6.45, 7) is 1.46. The number of ketones is 1. The van der Waals surface area contributed by atoms with Gasteiger partial charge in [0.15, 0.2) is 16.4 Å². The molecule has 1 aliphatic heterocycles. The predicted molar refractivity (Wildman–Crippen MR) is 120 cm³/mol. The second kappa shape index (κ2) is 7.88. The number of carbonyl (C=O) groups is 2. The van der Waals surface area contributed by atoms with E-state index in [1.807, 2.05) is 10.6 Å². The molecule has 3 aliphatic rings. The van der Waals surface area contributed by atoms with Gasteiger partial charge in [-0.15, -0.1) is 0 Å². The highest BCUT2D eigenvalue weighted by Crippen LogP contribution is 2.35. The van der Waals surface area contributed by atoms with E-state index in [0.29, 0.717) is 37.3 Å². The maximum Gasteiger partial charge on any atom is 0.223 e. The fraction of sp³-hybridized carbons (Fsp3) is 0.400. The van der Waals surface area contributed by atoms with Crippen LogP contribution < -0.4 is 27.2 Å². The molecule has 4 N–H and O–H groups in total. The molecule has 1 fully saturated rings. The van der Waals surface area contributed by atoms with E-state index in [1.54, 1.807) is 0 Å². The molecule has 0 bridgehead atoms. The summed E-state index contributed by atoms with van der Waals surface area (Å²) in [7, 11) is 0. The number of aryl methyl sites for hydroxylation is 1. The van der Waals surface area contributed by atoms with Gasteiger partial charge in [-0.25, -0.2) is 9.98 Å². The van der Waals surface area contributed by atoms with Gasteiger partial charge >= 0.3 is 0 Å². The van der Waals surface area contributed by atoms with E-state index in [9.17, 15) is 9.59 Å². The van der Waals surface area contributed by atoms with Crippen LogP contribution in [0.25, 0.3) is 5.82 Å². The largest absolute Gasteiger partial charge is 0.384 e. The van der Waals surface area contributed by atoms with Crippen LogP contribution >= 0.6 is 34.4 Å². The van der Waals surface area contributed by atoms with Crippen LogP contribution in [0.1, 0.15) is 35.2 Å². The van der Waals surface area contributed by atoms with Crippen molar-refractivity contribution in [1.82, 2.24) is 20.2 Å². The van der Waals surface area contributed by atoms with E-state index in [1.165, 1.54) is 11.8 Å². The third-order valence-corrected chi connectivity index (χ3v) is 7.83. The molecule has 0 spiro atoms. The number of hydrogen-bond donors (Lipinski definition) is 3. The normalized spacial score (nSPS) is 17.2. The molecule has 1 amide bonds. The minimum atomic E-state index is 0.120. The lowest BCUT2D eigenvalue weighted by Crippen LogP contribution is -2.44. The fourth-order valence-corrected chi connectivity index (χ4v) is 5.55. The van der Waals surface area contributed by atoms with Crippen molar-refractivity contribution >= 4 is 51.9 Å². The number of halogens is 1. The molecule has 8 nitrogen and oxygen atoms in total. The third-order valence-electron chi connectivity index (χ3n) is 5.52. The quantitative estimate of drug-likeness (QED) is 0.464. The first-order chi connectivity index (χ1) is 14.5. The highest BCUT2D eigenvalue weighted by molar-refractivity contribution is 14.1. The number of imidazole rings is 1. The standard InChI is InChI=1S/C20H21IN6O2S/c21-13-7-11-3-4-14(28)12(11)8-15(13)30-20-26-16-17(22)24-9-25-18(16)27(20)6-5-23-19(29)10-1-2-10/h7-8,10,24H,1-6,9,22H2,(H,23,29). The average molecular weight is 536 g/mol. The van der Waals surface area contributed by atoms with E-state index in [2.05, 4.69) is 44.3 Å². The van der Waals surface area contributed by atoms with Gasteiger partial charge in [-0.05, 0) is 59.5 Å². The van der Waals surface area contributed by atoms with E-state index < -0.39 is 0 Å². The molecular weight excluding hydrogens is 515 g/mol. The maximum absolute atomic E-state index is 12.2. The molecular formula is C20H21IN6O2S. The topological polar surface area (TPSA) is 114 Å². The van der Waals surface area contributed by atoms with Gasteiger partial charge in [0.05, 0.1) is 0 Å². The van der Waals surface area contributed by atoms with Crippen molar-refractivity contribution in [3.05, 3.63) is 37.7 Å². The smallest absolute Gasteiger partial charge is 0.223 e. The van der Waals surface area contributed by atoms with Gasteiger partial charge in [0.25, 0.3) is 0 Å². The number of Topliss-reactive ketones (excluding diaryl/α,β-unsaturated/α-hetero) is 1. The molecule has 1 aromatic heterocycles. The molecule has 10 heteroatoms. The lowest BCUT2D eigenvalue weighted by atomic mass is 10.1. The Morgan fingerprint density at radius 2 is 2.20 bits per heavy atom. The molecule has 2 aromatic rings.